The Labute approximate surface area is 270 Å². The predicted octanol–water partition coefficient (Wildman–Crippen LogP) is 2.76. The van der Waals surface area contributed by atoms with Crippen LogP contribution in [0, 0.1) is 0 Å². The highest BCUT2D eigenvalue weighted by atomic mass is 16.7. The number of hydrogen-bond acceptors (Lipinski definition) is 10. The lowest BCUT2D eigenvalue weighted by atomic mass is 9.98. The molecule has 0 bridgehead atoms. The van der Waals surface area contributed by atoms with Crippen molar-refractivity contribution in [1.82, 2.24) is 5.32 Å². The molecule has 1 aliphatic heterocycles. The Morgan fingerprint density at radius 1 is 0.778 bits per heavy atom. The second-order valence-electron chi connectivity index (χ2n) is 12.3. The number of carbonyl (C=O) groups excluding carboxylic acids is 1. The van der Waals surface area contributed by atoms with Crippen molar-refractivity contribution in [3.8, 4) is 0 Å². The van der Waals surface area contributed by atoms with E-state index in [0.29, 0.717) is 19.3 Å². The van der Waals surface area contributed by atoms with E-state index in [-0.39, 0.29) is 6.42 Å². The van der Waals surface area contributed by atoms with Crippen LogP contribution < -0.4 is 5.32 Å². The van der Waals surface area contributed by atoms with Gasteiger partial charge in [-0.2, -0.15) is 0 Å². The molecule has 0 aromatic carbocycles. The molecule has 8 N–H and O–H groups in total. The number of aliphatic hydroxyl groups excluding tert-OH is 7. The molecule has 1 aliphatic rings. The summed E-state index contributed by atoms with van der Waals surface area (Å²) in [6, 6.07) is -1.17. The number of unbranched alkanes of at least 4 members (excludes halogenated alkanes) is 11. The van der Waals surface area contributed by atoms with Gasteiger partial charge < -0.3 is 50.5 Å². The lowest BCUT2D eigenvalue weighted by Crippen LogP contribution is -2.60. The van der Waals surface area contributed by atoms with Crippen LogP contribution >= 0.6 is 0 Å². The van der Waals surface area contributed by atoms with Gasteiger partial charge in [0.15, 0.2) is 6.29 Å². The Hall–Kier alpha value is -1.41. The zero-order chi connectivity index (χ0) is 33.5. The highest BCUT2D eigenvalue weighted by Gasteiger charge is 2.44. The van der Waals surface area contributed by atoms with Gasteiger partial charge in [0.2, 0.25) is 5.91 Å². The standard InChI is InChI=1S/C34H63NO10/c1-3-5-7-9-10-11-12-13-14-15-16-17-18-20-22-27(38)33(43)35-25(29(39)26(37)21-19-8-6-4-2)24-44-34-32(42)31(41)30(40)28(23-36)45-34/h10-13,25-32,34,36-42H,3-9,14-24H2,1-2H3,(H,35,43)/b11-10-,13-12-. The van der Waals surface area contributed by atoms with E-state index in [9.17, 15) is 40.5 Å². The lowest BCUT2D eigenvalue weighted by molar-refractivity contribution is -0.303. The van der Waals surface area contributed by atoms with E-state index < -0.39 is 74.2 Å². The zero-order valence-corrected chi connectivity index (χ0v) is 27.6. The molecule has 11 heteroatoms. The summed E-state index contributed by atoms with van der Waals surface area (Å²) in [4.78, 5) is 12.8. The van der Waals surface area contributed by atoms with Crippen LogP contribution in [0.15, 0.2) is 24.3 Å². The quantitative estimate of drug-likeness (QED) is 0.0513. The third-order valence-electron chi connectivity index (χ3n) is 8.28. The summed E-state index contributed by atoms with van der Waals surface area (Å²) >= 11 is 0. The summed E-state index contributed by atoms with van der Waals surface area (Å²) in [6.45, 7) is 3.20. The maximum absolute atomic E-state index is 12.8. The van der Waals surface area contributed by atoms with Crippen LogP contribution in [-0.2, 0) is 14.3 Å². The van der Waals surface area contributed by atoms with Gasteiger partial charge in [0.05, 0.1) is 25.4 Å². The molecular weight excluding hydrogens is 582 g/mol. The molecule has 11 nitrogen and oxygen atoms in total. The van der Waals surface area contributed by atoms with Gasteiger partial charge >= 0.3 is 0 Å². The molecular formula is C34H63NO10. The molecule has 0 aromatic heterocycles. The van der Waals surface area contributed by atoms with E-state index in [2.05, 4.69) is 43.5 Å². The van der Waals surface area contributed by atoms with Gasteiger partial charge in [-0.25, -0.2) is 0 Å². The summed E-state index contributed by atoms with van der Waals surface area (Å²) in [5.74, 6) is -0.720. The molecule has 264 valence electrons. The smallest absolute Gasteiger partial charge is 0.249 e. The van der Waals surface area contributed by atoms with E-state index in [1.54, 1.807) is 0 Å². The fraction of sp³-hybridized carbons (Fsp3) is 0.853. The normalized spacial score (nSPS) is 25.0. The molecule has 0 radical (unpaired) electrons. The first-order valence-electron chi connectivity index (χ1n) is 17.3. The van der Waals surface area contributed by atoms with E-state index in [0.717, 1.165) is 57.8 Å². The van der Waals surface area contributed by atoms with Crippen LogP contribution in [0.5, 0.6) is 0 Å². The first kappa shape index (κ1) is 41.6. The van der Waals surface area contributed by atoms with Crippen LogP contribution in [0.1, 0.15) is 117 Å². The summed E-state index contributed by atoms with van der Waals surface area (Å²) in [7, 11) is 0. The number of ether oxygens (including phenoxy) is 2. The second-order valence-corrected chi connectivity index (χ2v) is 12.3. The minimum atomic E-state index is -1.66. The number of aliphatic hydroxyl groups is 7. The Bertz CT molecular complexity index is 795. The Morgan fingerprint density at radius 3 is 1.98 bits per heavy atom. The van der Waals surface area contributed by atoms with Gasteiger partial charge in [-0.15, -0.1) is 0 Å². The Kier molecular flexibility index (Phi) is 23.7. The van der Waals surface area contributed by atoms with Crippen molar-refractivity contribution in [2.45, 2.75) is 172 Å². The molecule has 0 aliphatic carbocycles. The van der Waals surface area contributed by atoms with E-state index in [1.807, 2.05) is 0 Å². The second kappa shape index (κ2) is 25.7. The van der Waals surface area contributed by atoms with Gasteiger partial charge in [-0.05, 0) is 38.5 Å². The molecule has 45 heavy (non-hydrogen) atoms. The molecule has 1 heterocycles. The van der Waals surface area contributed by atoms with Crippen molar-refractivity contribution in [1.29, 1.82) is 0 Å². The zero-order valence-electron chi connectivity index (χ0n) is 27.6. The number of nitrogens with one attached hydrogen (secondary N) is 1. The maximum atomic E-state index is 12.8. The van der Waals surface area contributed by atoms with Crippen LogP contribution in [0.4, 0.5) is 0 Å². The van der Waals surface area contributed by atoms with Crippen molar-refractivity contribution >= 4 is 5.91 Å². The molecule has 1 fully saturated rings. The maximum Gasteiger partial charge on any atom is 0.249 e. The van der Waals surface area contributed by atoms with Crippen molar-refractivity contribution in [3.63, 3.8) is 0 Å². The molecule has 1 rings (SSSR count). The monoisotopic (exact) mass is 645 g/mol. The molecule has 1 saturated heterocycles. The van der Waals surface area contributed by atoms with E-state index in [1.165, 1.54) is 19.3 Å². The first-order chi connectivity index (χ1) is 21.7. The first-order valence-corrected chi connectivity index (χ1v) is 17.3. The summed E-state index contributed by atoms with van der Waals surface area (Å²) in [5, 5.41) is 74.3. The molecule has 1 amide bonds. The highest BCUT2D eigenvalue weighted by Crippen LogP contribution is 2.23. The van der Waals surface area contributed by atoms with E-state index in [4.69, 9.17) is 9.47 Å². The fourth-order valence-electron chi connectivity index (χ4n) is 5.25. The third-order valence-corrected chi connectivity index (χ3v) is 8.28. The van der Waals surface area contributed by atoms with E-state index >= 15 is 0 Å². The molecule has 9 atom stereocenters. The minimum absolute atomic E-state index is 0.241. The summed E-state index contributed by atoms with van der Waals surface area (Å²) < 4.78 is 10.9. The minimum Gasteiger partial charge on any atom is -0.394 e. The lowest BCUT2D eigenvalue weighted by Gasteiger charge is -2.40. The van der Waals surface area contributed by atoms with Crippen molar-refractivity contribution in [2.24, 2.45) is 0 Å². The van der Waals surface area contributed by atoms with Gasteiger partial charge in [0.1, 0.15) is 36.6 Å². The highest BCUT2D eigenvalue weighted by molar-refractivity contribution is 5.80. The van der Waals surface area contributed by atoms with Crippen molar-refractivity contribution in [3.05, 3.63) is 24.3 Å². The number of rotatable bonds is 26. The average molecular weight is 646 g/mol. The predicted molar refractivity (Wildman–Crippen MR) is 173 cm³/mol. The summed E-state index contributed by atoms with van der Waals surface area (Å²) in [5.41, 5.74) is 0. The largest absolute Gasteiger partial charge is 0.394 e. The van der Waals surface area contributed by atoms with Crippen LogP contribution in [0.25, 0.3) is 0 Å². The molecule has 0 spiro atoms. The number of hydrogen-bond donors (Lipinski definition) is 8. The number of allylic oxidation sites excluding steroid dienone is 4. The number of carbonyl (C=O) groups is 1. The van der Waals surface area contributed by atoms with Crippen LogP contribution in [-0.4, -0.2) is 110 Å². The Morgan fingerprint density at radius 2 is 1.33 bits per heavy atom. The molecule has 9 unspecified atom stereocenters. The molecule has 0 saturated carbocycles. The van der Waals surface area contributed by atoms with Gasteiger partial charge in [-0.3, -0.25) is 4.79 Å². The van der Waals surface area contributed by atoms with Gasteiger partial charge in [-0.1, -0.05) is 102 Å². The van der Waals surface area contributed by atoms with Crippen molar-refractivity contribution < 1.29 is 50.0 Å². The SMILES string of the molecule is CCCCC/C=C\C=C/CCCCCCCC(O)C(=O)NC(COC1OC(CO)C(O)C(O)C1O)C(O)C(O)CCCCCC. The van der Waals surface area contributed by atoms with Crippen molar-refractivity contribution in [2.75, 3.05) is 13.2 Å². The number of amides is 1. The average Bonchev–Trinajstić information content (AvgIpc) is 3.04. The third kappa shape index (κ3) is 17.4. The molecule has 0 aromatic rings. The van der Waals surface area contributed by atoms with Gasteiger partial charge in [0.25, 0.3) is 0 Å². The Balaban J connectivity index is 2.54. The van der Waals surface area contributed by atoms with Crippen LogP contribution in [0.3, 0.4) is 0 Å². The topological polar surface area (TPSA) is 189 Å². The fourth-order valence-corrected chi connectivity index (χ4v) is 5.25. The van der Waals surface area contributed by atoms with Gasteiger partial charge in [0, 0.05) is 0 Å². The summed E-state index contributed by atoms with van der Waals surface area (Å²) in [6.07, 6.45) is 11.8. The van der Waals surface area contributed by atoms with Crippen LogP contribution in [0.2, 0.25) is 0 Å².